The van der Waals surface area contributed by atoms with Crippen LogP contribution < -0.4 is 0 Å². The van der Waals surface area contributed by atoms with E-state index in [-0.39, 0.29) is 17.5 Å². The molecule has 0 unspecified atom stereocenters. The second-order valence-electron chi connectivity index (χ2n) is 7.66. The van der Waals surface area contributed by atoms with E-state index in [0.29, 0.717) is 26.1 Å². The average molecular weight is 415 g/mol. The number of aromatic nitrogens is 2. The first kappa shape index (κ1) is 20.7. The van der Waals surface area contributed by atoms with E-state index in [0.717, 1.165) is 23.1 Å². The van der Waals surface area contributed by atoms with Crippen LogP contribution in [0.2, 0.25) is 0 Å². The SMILES string of the molecule is CCCN1CCN(C(=O)c2cnccn2)[C@@H](Cc2ccccc2-c2ccccc2)C1=O. The number of benzene rings is 2. The van der Waals surface area contributed by atoms with Gasteiger partial charge in [0.15, 0.2) is 0 Å². The third kappa shape index (κ3) is 4.48. The minimum Gasteiger partial charge on any atom is -0.339 e. The first-order valence-corrected chi connectivity index (χ1v) is 10.7. The van der Waals surface area contributed by atoms with Gasteiger partial charge in [0.25, 0.3) is 5.91 Å². The molecule has 6 heteroatoms. The van der Waals surface area contributed by atoms with Crippen molar-refractivity contribution in [3.8, 4) is 11.1 Å². The lowest BCUT2D eigenvalue weighted by atomic mass is 9.93. The van der Waals surface area contributed by atoms with Gasteiger partial charge >= 0.3 is 0 Å². The molecule has 4 rings (SSSR count). The highest BCUT2D eigenvalue weighted by Gasteiger charge is 2.38. The molecule has 0 radical (unpaired) electrons. The number of carbonyl (C=O) groups excluding carboxylic acids is 2. The van der Waals surface area contributed by atoms with E-state index in [2.05, 4.69) is 35.1 Å². The number of piperazine rings is 1. The van der Waals surface area contributed by atoms with Crippen molar-refractivity contribution in [3.63, 3.8) is 0 Å². The van der Waals surface area contributed by atoms with Crippen LogP contribution in [0.5, 0.6) is 0 Å². The molecule has 2 aromatic carbocycles. The Morgan fingerprint density at radius 1 is 1.03 bits per heavy atom. The van der Waals surface area contributed by atoms with Gasteiger partial charge in [-0.05, 0) is 23.1 Å². The molecule has 1 aromatic heterocycles. The summed E-state index contributed by atoms with van der Waals surface area (Å²) in [5, 5.41) is 0. The molecule has 0 aliphatic carbocycles. The van der Waals surface area contributed by atoms with Crippen molar-refractivity contribution in [3.05, 3.63) is 84.4 Å². The molecule has 0 N–H and O–H groups in total. The van der Waals surface area contributed by atoms with Gasteiger partial charge in [-0.2, -0.15) is 0 Å². The highest BCUT2D eigenvalue weighted by molar-refractivity contribution is 5.97. The van der Waals surface area contributed by atoms with Crippen LogP contribution >= 0.6 is 0 Å². The zero-order valence-electron chi connectivity index (χ0n) is 17.6. The van der Waals surface area contributed by atoms with Gasteiger partial charge in [-0.25, -0.2) is 4.98 Å². The zero-order valence-corrected chi connectivity index (χ0v) is 17.6. The maximum Gasteiger partial charge on any atom is 0.274 e. The third-order valence-corrected chi connectivity index (χ3v) is 5.64. The normalized spacial score (nSPS) is 16.4. The summed E-state index contributed by atoms with van der Waals surface area (Å²) < 4.78 is 0. The van der Waals surface area contributed by atoms with E-state index in [9.17, 15) is 9.59 Å². The minimum absolute atomic E-state index is 0.00629. The molecule has 2 heterocycles. The topological polar surface area (TPSA) is 66.4 Å². The van der Waals surface area contributed by atoms with Crippen LogP contribution in [-0.2, 0) is 11.2 Å². The molecule has 1 fully saturated rings. The summed E-state index contributed by atoms with van der Waals surface area (Å²) in [5.41, 5.74) is 3.48. The summed E-state index contributed by atoms with van der Waals surface area (Å²) in [6.07, 6.45) is 5.84. The van der Waals surface area contributed by atoms with Crippen LogP contribution in [-0.4, -0.2) is 57.3 Å². The fourth-order valence-electron chi connectivity index (χ4n) is 4.13. The number of hydrogen-bond acceptors (Lipinski definition) is 4. The summed E-state index contributed by atoms with van der Waals surface area (Å²) in [6.45, 7) is 3.78. The molecule has 1 aliphatic rings. The van der Waals surface area contributed by atoms with Crippen molar-refractivity contribution in [2.75, 3.05) is 19.6 Å². The molecule has 158 valence electrons. The third-order valence-electron chi connectivity index (χ3n) is 5.64. The first-order valence-electron chi connectivity index (χ1n) is 10.7. The maximum atomic E-state index is 13.4. The molecule has 1 aliphatic heterocycles. The lowest BCUT2D eigenvalue weighted by Crippen LogP contribution is -2.59. The molecule has 6 nitrogen and oxygen atoms in total. The molecule has 0 saturated carbocycles. The van der Waals surface area contributed by atoms with Gasteiger partial charge in [-0.3, -0.25) is 14.6 Å². The van der Waals surface area contributed by atoms with Gasteiger partial charge < -0.3 is 9.80 Å². The Bertz CT molecular complexity index is 1040. The Labute approximate surface area is 182 Å². The molecule has 2 amide bonds. The number of rotatable bonds is 6. The van der Waals surface area contributed by atoms with Crippen molar-refractivity contribution in [1.29, 1.82) is 0 Å². The monoisotopic (exact) mass is 414 g/mol. The standard InChI is InChI=1S/C25H26N4O2/c1-2-14-28-15-16-29(24(30)22-18-26-12-13-27-22)23(25(28)31)17-20-10-6-7-11-21(20)19-8-4-3-5-9-19/h3-13,18,23H,2,14-17H2,1H3/t23-/m0/s1. The molecule has 3 aromatic rings. The van der Waals surface area contributed by atoms with E-state index in [1.165, 1.54) is 18.6 Å². The Balaban J connectivity index is 1.68. The number of nitrogens with zero attached hydrogens (tertiary/aromatic N) is 4. The summed E-state index contributed by atoms with van der Waals surface area (Å²) in [6, 6.07) is 17.6. The smallest absolute Gasteiger partial charge is 0.274 e. The van der Waals surface area contributed by atoms with Gasteiger partial charge in [-0.15, -0.1) is 0 Å². The van der Waals surface area contributed by atoms with E-state index in [1.54, 1.807) is 4.90 Å². The predicted molar refractivity (Wildman–Crippen MR) is 119 cm³/mol. The van der Waals surface area contributed by atoms with Gasteiger partial charge in [0, 0.05) is 38.4 Å². The van der Waals surface area contributed by atoms with Crippen molar-refractivity contribution < 1.29 is 9.59 Å². The highest BCUT2D eigenvalue weighted by Crippen LogP contribution is 2.27. The van der Waals surface area contributed by atoms with Crippen LogP contribution in [0, 0.1) is 0 Å². The Morgan fingerprint density at radius 3 is 2.55 bits per heavy atom. The number of carbonyl (C=O) groups is 2. The van der Waals surface area contributed by atoms with Crippen LogP contribution in [0.25, 0.3) is 11.1 Å². The van der Waals surface area contributed by atoms with Crippen molar-refractivity contribution >= 4 is 11.8 Å². The minimum atomic E-state index is -0.570. The Morgan fingerprint density at radius 2 is 1.81 bits per heavy atom. The van der Waals surface area contributed by atoms with E-state index < -0.39 is 6.04 Å². The van der Waals surface area contributed by atoms with Crippen LogP contribution in [0.1, 0.15) is 29.4 Å². The zero-order chi connectivity index (χ0) is 21.6. The highest BCUT2D eigenvalue weighted by atomic mass is 16.2. The fourth-order valence-corrected chi connectivity index (χ4v) is 4.13. The van der Waals surface area contributed by atoms with E-state index in [4.69, 9.17) is 0 Å². The van der Waals surface area contributed by atoms with Crippen molar-refractivity contribution in [2.24, 2.45) is 0 Å². The largest absolute Gasteiger partial charge is 0.339 e. The van der Waals surface area contributed by atoms with Gasteiger partial charge in [-0.1, -0.05) is 61.5 Å². The Kier molecular flexibility index (Phi) is 6.36. The maximum absolute atomic E-state index is 13.4. The lowest BCUT2D eigenvalue weighted by molar-refractivity contribution is -0.140. The van der Waals surface area contributed by atoms with Crippen LogP contribution in [0.4, 0.5) is 0 Å². The molecule has 0 spiro atoms. The van der Waals surface area contributed by atoms with Crippen LogP contribution in [0.15, 0.2) is 73.2 Å². The number of hydrogen-bond donors (Lipinski definition) is 0. The first-order chi connectivity index (χ1) is 15.2. The predicted octanol–water partition coefficient (Wildman–Crippen LogP) is 3.45. The summed E-state index contributed by atoms with van der Waals surface area (Å²) in [5.74, 6) is -0.256. The van der Waals surface area contributed by atoms with Crippen molar-refractivity contribution in [1.82, 2.24) is 19.8 Å². The number of amides is 2. The lowest BCUT2D eigenvalue weighted by Gasteiger charge is -2.40. The molecule has 31 heavy (non-hydrogen) atoms. The van der Waals surface area contributed by atoms with Gasteiger partial charge in [0.05, 0.1) is 6.20 Å². The van der Waals surface area contributed by atoms with Gasteiger partial charge in [0.1, 0.15) is 11.7 Å². The summed E-state index contributed by atoms with van der Waals surface area (Å²) >= 11 is 0. The molecule has 1 saturated heterocycles. The Hall–Kier alpha value is -3.54. The second kappa shape index (κ2) is 9.51. The average Bonchev–Trinajstić information content (AvgIpc) is 2.83. The van der Waals surface area contributed by atoms with E-state index >= 15 is 0 Å². The summed E-state index contributed by atoms with van der Waals surface area (Å²) in [4.78, 5) is 38.3. The molecular weight excluding hydrogens is 388 g/mol. The van der Waals surface area contributed by atoms with E-state index in [1.807, 2.05) is 41.3 Å². The molecule has 1 atom stereocenters. The van der Waals surface area contributed by atoms with Crippen molar-refractivity contribution in [2.45, 2.75) is 25.8 Å². The van der Waals surface area contributed by atoms with Crippen LogP contribution in [0.3, 0.4) is 0 Å². The fraction of sp³-hybridized carbons (Fsp3) is 0.280. The van der Waals surface area contributed by atoms with Gasteiger partial charge in [0.2, 0.25) is 5.91 Å². The quantitative estimate of drug-likeness (QED) is 0.620. The second-order valence-corrected chi connectivity index (χ2v) is 7.66. The summed E-state index contributed by atoms with van der Waals surface area (Å²) in [7, 11) is 0. The molecular formula is C25H26N4O2. The molecule has 0 bridgehead atoms.